The Bertz CT molecular complexity index is 244. The zero-order chi connectivity index (χ0) is 10.9. The number of carbonyl (C=O) groups is 1. The number of carboxylic acid groups (broad SMARTS) is 1. The van der Waals surface area contributed by atoms with Crippen molar-refractivity contribution in [2.24, 2.45) is 5.92 Å². The molecule has 0 bridgehead atoms. The summed E-state index contributed by atoms with van der Waals surface area (Å²) >= 11 is 0. The van der Waals surface area contributed by atoms with E-state index >= 15 is 0 Å². The summed E-state index contributed by atoms with van der Waals surface area (Å²) in [5.74, 6) is -0.342. The lowest BCUT2D eigenvalue weighted by Gasteiger charge is -2.37. The van der Waals surface area contributed by atoms with E-state index in [2.05, 4.69) is 5.32 Å². The van der Waals surface area contributed by atoms with Gasteiger partial charge in [-0.1, -0.05) is 19.3 Å². The Morgan fingerprint density at radius 2 is 1.80 bits per heavy atom. The molecular weight excluding hydrogens is 190 g/mol. The monoisotopic (exact) mass is 211 g/mol. The minimum atomic E-state index is -0.679. The van der Waals surface area contributed by atoms with E-state index < -0.39 is 11.5 Å². The molecule has 0 heterocycles. The van der Waals surface area contributed by atoms with Crippen LogP contribution in [0.3, 0.4) is 0 Å². The van der Waals surface area contributed by atoms with Crippen LogP contribution in [0.1, 0.15) is 51.9 Å². The van der Waals surface area contributed by atoms with Gasteiger partial charge in [0.15, 0.2) is 0 Å². The number of nitrogens with one attached hydrogen (secondary N) is 1. The third-order valence-electron chi connectivity index (χ3n) is 3.95. The lowest BCUT2D eigenvalue weighted by molar-refractivity contribution is -0.147. The first-order valence-corrected chi connectivity index (χ1v) is 6.14. The standard InChI is InChI=1S/C12H21NO2/c1-12(11(14)15,13-10-7-8-10)9-5-3-2-4-6-9/h9-10,13H,2-8H2,1H3,(H,14,15)/t12-/m1/s1. The second kappa shape index (κ2) is 4.12. The molecule has 1 atom stereocenters. The van der Waals surface area contributed by atoms with E-state index in [9.17, 15) is 9.90 Å². The van der Waals surface area contributed by atoms with Crippen molar-refractivity contribution in [3.63, 3.8) is 0 Å². The van der Waals surface area contributed by atoms with Crippen LogP contribution in [0.15, 0.2) is 0 Å². The second-order valence-corrected chi connectivity index (χ2v) is 5.26. The van der Waals surface area contributed by atoms with Crippen molar-refractivity contribution >= 4 is 5.97 Å². The molecule has 3 heteroatoms. The fourth-order valence-corrected chi connectivity index (χ4v) is 2.69. The van der Waals surface area contributed by atoms with Gasteiger partial charge in [0.25, 0.3) is 0 Å². The maximum atomic E-state index is 11.4. The molecule has 0 aliphatic heterocycles. The molecule has 3 nitrogen and oxygen atoms in total. The molecule has 2 N–H and O–H groups in total. The molecule has 0 aromatic carbocycles. The average Bonchev–Trinajstić information content (AvgIpc) is 3.02. The molecule has 15 heavy (non-hydrogen) atoms. The highest BCUT2D eigenvalue weighted by atomic mass is 16.4. The highest BCUT2D eigenvalue weighted by Crippen LogP contribution is 2.35. The van der Waals surface area contributed by atoms with Gasteiger partial charge in [0.05, 0.1) is 0 Å². The van der Waals surface area contributed by atoms with Crippen LogP contribution in [0.4, 0.5) is 0 Å². The van der Waals surface area contributed by atoms with Crippen molar-refractivity contribution in [2.75, 3.05) is 0 Å². The third-order valence-corrected chi connectivity index (χ3v) is 3.95. The van der Waals surface area contributed by atoms with E-state index in [1.54, 1.807) is 0 Å². The number of carboxylic acids is 1. The van der Waals surface area contributed by atoms with Crippen molar-refractivity contribution in [3.05, 3.63) is 0 Å². The molecule has 86 valence electrons. The molecule has 2 aliphatic carbocycles. The summed E-state index contributed by atoms with van der Waals surface area (Å²) in [6.07, 6.45) is 8.10. The molecule has 0 radical (unpaired) electrons. The first kappa shape index (κ1) is 10.9. The van der Waals surface area contributed by atoms with Crippen LogP contribution < -0.4 is 5.32 Å². The van der Waals surface area contributed by atoms with E-state index in [-0.39, 0.29) is 0 Å². The quantitative estimate of drug-likeness (QED) is 0.749. The lowest BCUT2D eigenvalue weighted by atomic mass is 9.75. The summed E-state index contributed by atoms with van der Waals surface area (Å²) in [6.45, 7) is 1.88. The van der Waals surface area contributed by atoms with Crippen LogP contribution in [0, 0.1) is 5.92 Å². The van der Waals surface area contributed by atoms with Crippen LogP contribution in [-0.2, 0) is 4.79 Å². The Balaban J connectivity index is 2.04. The van der Waals surface area contributed by atoms with Crippen molar-refractivity contribution in [3.8, 4) is 0 Å². The van der Waals surface area contributed by atoms with Gasteiger partial charge < -0.3 is 5.11 Å². The van der Waals surface area contributed by atoms with Gasteiger partial charge in [0.1, 0.15) is 5.54 Å². The number of rotatable bonds is 4. The van der Waals surface area contributed by atoms with E-state index in [0.29, 0.717) is 12.0 Å². The summed E-state index contributed by atoms with van der Waals surface area (Å²) < 4.78 is 0. The van der Waals surface area contributed by atoms with Crippen molar-refractivity contribution in [1.29, 1.82) is 0 Å². The van der Waals surface area contributed by atoms with Crippen LogP contribution in [0.2, 0.25) is 0 Å². The zero-order valence-electron chi connectivity index (χ0n) is 9.46. The SMILES string of the molecule is C[C@](NC1CC1)(C(=O)O)C1CCCCC1. The van der Waals surface area contributed by atoms with Gasteiger partial charge in [-0.25, -0.2) is 0 Å². The van der Waals surface area contributed by atoms with Gasteiger partial charge >= 0.3 is 5.97 Å². The fourth-order valence-electron chi connectivity index (χ4n) is 2.69. The van der Waals surface area contributed by atoms with Crippen molar-refractivity contribution < 1.29 is 9.90 Å². The summed E-state index contributed by atoms with van der Waals surface area (Å²) in [6, 6.07) is 0.466. The Hall–Kier alpha value is -0.570. The molecular formula is C12H21NO2. The first-order valence-electron chi connectivity index (χ1n) is 6.14. The Morgan fingerprint density at radius 1 is 1.20 bits per heavy atom. The van der Waals surface area contributed by atoms with Crippen LogP contribution >= 0.6 is 0 Å². The second-order valence-electron chi connectivity index (χ2n) is 5.26. The minimum Gasteiger partial charge on any atom is -0.480 e. The van der Waals surface area contributed by atoms with Crippen LogP contribution in [0.5, 0.6) is 0 Å². The van der Waals surface area contributed by atoms with Crippen molar-refractivity contribution in [2.45, 2.75) is 63.5 Å². The molecule has 0 aromatic heterocycles. The maximum Gasteiger partial charge on any atom is 0.323 e. The summed E-state index contributed by atoms with van der Waals surface area (Å²) in [5.41, 5.74) is -0.679. The van der Waals surface area contributed by atoms with E-state index in [0.717, 1.165) is 25.7 Å². The van der Waals surface area contributed by atoms with Crippen molar-refractivity contribution in [1.82, 2.24) is 5.32 Å². The minimum absolute atomic E-state index is 0.323. The molecule has 2 aliphatic rings. The smallest absolute Gasteiger partial charge is 0.323 e. The van der Waals surface area contributed by atoms with Gasteiger partial charge in [-0.15, -0.1) is 0 Å². The number of hydrogen-bond acceptors (Lipinski definition) is 2. The summed E-state index contributed by atoms with van der Waals surface area (Å²) in [7, 11) is 0. The van der Waals surface area contributed by atoms with Gasteiger partial charge in [0, 0.05) is 6.04 Å². The third kappa shape index (κ3) is 2.33. The maximum absolute atomic E-state index is 11.4. The molecule has 0 saturated heterocycles. The van der Waals surface area contributed by atoms with E-state index in [1.807, 2.05) is 6.92 Å². The predicted molar refractivity (Wildman–Crippen MR) is 58.8 cm³/mol. The molecule has 2 rings (SSSR count). The van der Waals surface area contributed by atoms with Gasteiger partial charge in [-0.05, 0) is 38.5 Å². The molecule has 0 aromatic rings. The van der Waals surface area contributed by atoms with Gasteiger partial charge in [-0.2, -0.15) is 0 Å². The predicted octanol–water partition coefficient (Wildman–Crippen LogP) is 2.16. The zero-order valence-corrected chi connectivity index (χ0v) is 9.46. The molecule has 2 saturated carbocycles. The average molecular weight is 211 g/mol. The van der Waals surface area contributed by atoms with E-state index in [4.69, 9.17) is 0 Å². The molecule has 0 unspecified atom stereocenters. The highest BCUT2D eigenvalue weighted by Gasteiger charge is 2.44. The Kier molecular flexibility index (Phi) is 3.01. The summed E-state index contributed by atoms with van der Waals surface area (Å²) in [4.78, 5) is 11.4. The first-order chi connectivity index (χ1) is 7.13. The lowest BCUT2D eigenvalue weighted by Crippen LogP contribution is -2.56. The molecule has 2 fully saturated rings. The number of hydrogen-bond donors (Lipinski definition) is 2. The fraction of sp³-hybridized carbons (Fsp3) is 0.917. The van der Waals surface area contributed by atoms with Crippen LogP contribution in [0.25, 0.3) is 0 Å². The molecule has 0 amide bonds. The van der Waals surface area contributed by atoms with Crippen LogP contribution in [-0.4, -0.2) is 22.7 Å². The Morgan fingerprint density at radius 3 is 2.27 bits per heavy atom. The highest BCUT2D eigenvalue weighted by molar-refractivity contribution is 5.78. The normalized spacial score (nSPS) is 27.3. The van der Waals surface area contributed by atoms with Gasteiger partial charge in [-0.3, -0.25) is 10.1 Å². The molecule has 0 spiro atoms. The summed E-state index contributed by atoms with van der Waals surface area (Å²) in [5, 5.41) is 12.7. The topological polar surface area (TPSA) is 49.3 Å². The van der Waals surface area contributed by atoms with Gasteiger partial charge in [0.2, 0.25) is 0 Å². The largest absolute Gasteiger partial charge is 0.480 e. The Labute approximate surface area is 91.2 Å². The van der Waals surface area contributed by atoms with E-state index in [1.165, 1.54) is 19.3 Å². The number of aliphatic carboxylic acids is 1.